The van der Waals surface area contributed by atoms with Crippen molar-refractivity contribution in [3.63, 3.8) is 0 Å². The van der Waals surface area contributed by atoms with E-state index < -0.39 is 5.97 Å². The fourth-order valence-electron chi connectivity index (χ4n) is 2.73. The highest BCUT2D eigenvalue weighted by Crippen LogP contribution is 2.28. The molecule has 0 saturated carbocycles. The second-order valence-corrected chi connectivity index (χ2v) is 7.04. The molecule has 0 heterocycles. The lowest BCUT2D eigenvalue weighted by Crippen LogP contribution is -2.10. The first-order valence-corrected chi connectivity index (χ1v) is 10.1. The smallest absolute Gasteiger partial charge is 0.343 e. The van der Waals surface area contributed by atoms with Crippen molar-refractivity contribution in [1.82, 2.24) is 0 Å². The van der Waals surface area contributed by atoms with Crippen molar-refractivity contribution in [3.05, 3.63) is 58.1 Å². The highest BCUT2D eigenvalue weighted by atomic mass is 35.5. The van der Waals surface area contributed by atoms with E-state index in [2.05, 4.69) is 19.9 Å². The molecule has 148 valence electrons. The summed E-state index contributed by atoms with van der Waals surface area (Å²) in [4.78, 5) is 12.5. The van der Waals surface area contributed by atoms with Gasteiger partial charge in [-0.1, -0.05) is 50.8 Å². The average Bonchev–Trinajstić information content (AvgIpc) is 2.71. The Bertz CT molecular complexity index is 842. The first-order valence-electron chi connectivity index (χ1n) is 9.76. The summed E-state index contributed by atoms with van der Waals surface area (Å²) in [5.41, 5.74) is 1.71. The van der Waals surface area contributed by atoms with Gasteiger partial charge in [-0.25, -0.2) is 4.79 Å². The number of benzene rings is 2. The number of carbonyl (C=O) groups is 1. The van der Waals surface area contributed by atoms with E-state index in [1.54, 1.807) is 18.2 Å². The summed E-state index contributed by atoms with van der Waals surface area (Å²) in [6, 6.07) is 12.2. The zero-order valence-electron chi connectivity index (χ0n) is 16.5. The maximum atomic E-state index is 12.5. The van der Waals surface area contributed by atoms with E-state index in [0.29, 0.717) is 28.7 Å². The molecule has 0 aromatic heterocycles. The minimum atomic E-state index is -0.558. The number of hydrogen-bond donors (Lipinski definition) is 0. The summed E-state index contributed by atoms with van der Waals surface area (Å²) in [6.07, 6.45) is 6.23. The van der Waals surface area contributed by atoms with Crippen molar-refractivity contribution in [2.75, 3.05) is 6.61 Å². The van der Waals surface area contributed by atoms with Crippen LogP contribution in [0.15, 0.2) is 36.4 Å². The molecular weight excluding hydrogens is 374 g/mol. The number of ether oxygens (including phenoxy) is 2. The van der Waals surface area contributed by atoms with Crippen LogP contribution in [-0.4, -0.2) is 12.6 Å². The second-order valence-electron chi connectivity index (χ2n) is 6.64. The molecular formula is C23H26ClNO3. The Hall–Kier alpha value is -2.51. The molecule has 2 aromatic rings. The van der Waals surface area contributed by atoms with Crippen molar-refractivity contribution >= 4 is 17.6 Å². The van der Waals surface area contributed by atoms with Crippen LogP contribution in [0.5, 0.6) is 11.5 Å². The highest BCUT2D eigenvalue weighted by molar-refractivity contribution is 6.32. The molecule has 2 aromatic carbocycles. The number of halogens is 1. The standard InChI is InChI=1S/C23H26ClNO3/c1-3-5-7-13-27-21-12-10-18(15-19(21)16-25)23(26)28-22-11-9-17(8-6-4-2)14-20(22)24/h9-12,14-15H,3-8,13H2,1-2H3. The Labute approximate surface area is 172 Å². The predicted octanol–water partition coefficient (Wildman–Crippen LogP) is 6.34. The number of hydrogen-bond acceptors (Lipinski definition) is 4. The Kier molecular flexibility index (Phi) is 8.84. The van der Waals surface area contributed by atoms with E-state index in [-0.39, 0.29) is 5.56 Å². The summed E-state index contributed by atoms with van der Waals surface area (Å²) >= 11 is 6.26. The van der Waals surface area contributed by atoms with Gasteiger partial charge in [0, 0.05) is 0 Å². The molecule has 0 bridgehead atoms. The molecule has 0 aliphatic rings. The third-order valence-corrected chi connectivity index (χ3v) is 4.65. The van der Waals surface area contributed by atoms with Crippen molar-refractivity contribution < 1.29 is 14.3 Å². The molecule has 0 spiro atoms. The molecule has 0 radical (unpaired) electrons. The lowest BCUT2D eigenvalue weighted by molar-refractivity contribution is 0.0734. The molecule has 0 atom stereocenters. The first kappa shape index (κ1) is 21.8. The van der Waals surface area contributed by atoms with Crippen LogP contribution in [0, 0.1) is 11.3 Å². The zero-order valence-corrected chi connectivity index (χ0v) is 17.2. The maximum Gasteiger partial charge on any atom is 0.343 e. The summed E-state index contributed by atoms with van der Waals surface area (Å²) in [5.74, 6) is 0.232. The van der Waals surface area contributed by atoms with Gasteiger partial charge in [-0.2, -0.15) is 5.26 Å². The van der Waals surface area contributed by atoms with Gasteiger partial charge in [-0.05, 0) is 55.2 Å². The average molecular weight is 400 g/mol. The van der Waals surface area contributed by atoms with E-state index >= 15 is 0 Å². The topological polar surface area (TPSA) is 59.3 Å². The van der Waals surface area contributed by atoms with Crippen LogP contribution in [0.1, 0.15) is 67.4 Å². The minimum Gasteiger partial charge on any atom is -0.492 e. The van der Waals surface area contributed by atoms with Crippen LogP contribution in [0.2, 0.25) is 5.02 Å². The number of carbonyl (C=O) groups excluding carboxylic acids is 1. The molecule has 0 aliphatic carbocycles. The van der Waals surface area contributed by atoms with Gasteiger partial charge in [-0.15, -0.1) is 0 Å². The van der Waals surface area contributed by atoms with E-state index in [1.807, 2.05) is 12.1 Å². The molecule has 0 amide bonds. The lowest BCUT2D eigenvalue weighted by atomic mass is 10.1. The quantitative estimate of drug-likeness (QED) is 0.265. The predicted molar refractivity (Wildman–Crippen MR) is 111 cm³/mol. The molecule has 28 heavy (non-hydrogen) atoms. The van der Waals surface area contributed by atoms with Gasteiger partial charge >= 0.3 is 5.97 Å². The van der Waals surface area contributed by atoms with Crippen LogP contribution in [0.3, 0.4) is 0 Å². The molecule has 0 N–H and O–H groups in total. The normalized spacial score (nSPS) is 10.4. The van der Waals surface area contributed by atoms with Crippen LogP contribution in [0.4, 0.5) is 0 Å². The number of nitrogens with zero attached hydrogens (tertiary/aromatic N) is 1. The van der Waals surface area contributed by atoms with Gasteiger partial charge in [0.05, 0.1) is 22.8 Å². The summed E-state index contributed by atoms with van der Waals surface area (Å²) < 4.78 is 11.1. The molecule has 0 fully saturated rings. The van der Waals surface area contributed by atoms with Gasteiger partial charge < -0.3 is 9.47 Å². The second kappa shape index (κ2) is 11.4. The Morgan fingerprint density at radius 3 is 2.46 bits per heavy atom. The molecule has 2 rings (SSSR count). The number of unbranched alkanes of at least 4 members (excludes halogenated alkanes) is 3. The largest absolute Gasteiger partial charge is 0.492 e. The van der Waals surface area contributed by atoms with E-state index in [9.17, 15) is 10.1 Å². The summed E-state index contributed by atoms with van der Waals surface area (Å²) in [6.45, 7) is 4.80. The number of nitriles is 1. The molecule has 0 unspecified atom stereocenters. The Balaban J connectivity index is 2.07. The summed E-state index contributed by atoms with van der Waals surface area (Å²) in [7, 11) is 0. The maximum absolute atomic E-state index is 12.5. The molecule has 0 saturated heterocycles. The van der Waals surface area contributed by atoms with Gasteiger partial charge in [0.2, 0.25) is 0 Å². The third kappa shape index (κ3) is 6.28. The molecule has 4 nitrogen and oxygen atoms in total. The lowest BCUT2D eigenvalue weighted by Gasteiger charge is -2.10. The minimum absolute atomic E-state index is 0.281. The molecule has 0 aliphatic heterocycles. The number of rotatable bonds is 10. The summed E-state index contributed by atoms with van der Waals surface area (Å²) in [5, 5.41) is 9.76. The van der Waals surface area contributed by atoms with Gasteiger partial charge in [-0.3, -0.25) is 0 Å². The fraction of sp³-hybridized carbons (Fsp3) is 0.391. The Morgan fingerprint density at radius 2 is 1.79 bits per heavy atom. The van der Waals surface area contributed by atoms with E-state index in [0.717, 1.165) is 44.1 Å². The van der Waals surface area contributed by atoms with Crippen LogP contribution >= 0.6 is 11.6 Å². The van der Waals surface area contributed by atoms with E-state index in [4.69, 9.17) is 21.1 Å². The zero-order chi connectivity index (χ0) is 20.4. The van der Waals surface area contributed by atoms with E-state index in [1.165, 1.54) is 6.07 Å². The van der Waals surface area contributed by atoms with Crippen LogP contribution in [-0.2, 0) is 6.42 Å². The van der Waals surface area contributed by atoms with Crippen molar-refractivity contribution in [1.29, 1.82) is 5.26 Å². The SMILES string of the molecule is CCCCCOc1ccc(C(=O)Oc2ccc(CCCC)cc2Cl)cc1C#N. The monoisotopic (exact) mass is 399 g/mol. The fourth-order valence-corrected chi connectivity index (χ4v) is 2.97. The number of esters is 1. The third-order valence-electron chi connectivity index (χ3n) is 4.36. The highest BCUT2D eigenvalue weighted by Gasteiger charge is 2.14. The van der Waals surface area contributed by atoms with Crippen molar-refractivity contribution in [2.24, 2.45) is 0 Å². The first-order chi connectivity index (χ1) is 13.6. The Morgan fingerprint density at radius 1 is 1.04 bits per heavy atom. The van der Waals surface area contributed by atoms with Gasteiger partial charge in [0.1, 0.15) is 17.6 Å². The van der Waals surface area contributed by atoms with Crippen LogP contribution in [0.25, 0.3) is 0 Å². The van der Waals surface area contributed by atoms with Crippen molar-refractivity contribution in [3.8, 4) is 17.6 Å². The number of aryl methyl sites for hydroxylation is 1. The molecule has 5 heteroatoms. The van der Waals surface area contributed by atoms with Crippen molar-refractivity contribution in [2.45, 2.75) is 52.4 Å². The van der Waals surface area contributed by atoms with Gasteiger partial charge in [0.15, 0.2) is 0 Å². The van der Waals surface area contributed by atoms with Gasteiger partial charge in [0.25, 0.3) is 0 Å². The van der Waals surface area contributed by atoms with Crippen LogP contribution < -0.4 is 9.47 Å².